The van der Waals surface area contributed by atoms with Crippen molar-refractivity contribution in [3.8, 4) is 0 Å². The lowest BCUT2D eigenvalue weighted by atomic mass is 10.2. The third kappa shape index (κ3) is 9.48. The molecule has 0 aliphatic carbocycles. The average Bonchev–Trinajstić information content (AvgIpc) is 1.96. The molecule has 0 nitrogen and oxygen atoms in total. The van der Waals surface area contributed by atoms with Gasteiger partial charge in [-0.25, -0.2) is 0 Å². The van der Waals surface area contributed by atoms with E-state index in [2.05, 4.69) is 39.0 Å². The van der Waals surface area contributed by atoms with E-state index >= 15 is 0 Å². The van der Waals surface area contributed by atoms with Crippen molar-refractivity contribution in [1.82, 2.24) is 0 Å². The first-order chi connectivity index (χ1) is 5.27. The van der Waals surface area contributed by atoms with Crippen molar-refractivity contribution in [2.24, 2.45) is 0 Å². The minimum atomic E-state index is 1.17. The van der Waals surface area contributed by atoms with E-state index < -0.39 is 0 Å². The summed E-state index contributed by atoms with van der Waals surface area (Å²) in [6.45, 7) is 6.48. The van der Waals surface area contributed by atoms with Crippen LogP contribution in [-0.4, -0.2) is 0 Å². The Morgan fingerprint density at radius 2 is 1.82 bits per heavy atom. The van der Waals surface area contributed by atoms with Crippen LogP contribution < -0.4 is 0 Å². The first-order valence-corrected chi connectivity index (χ1v) is 4.55. The maximum atomic E-state index is 2.31. The Morgan fingerprint density at radius 1 is 1.09 bits per heavy atom. The summed E-state index contributed by atoms with van der Waals surface area (Å²) in [5.74, 6) is 0. The number of hydrogen-bond donors (Lipinski definition) is 0. The van der Waals surface area contributed by atoms with Gasteiger partial charge in [-0.3, -0.25) is 0 Å². The van der Waals surface area contributed by atoms with Crippen LogP contribution in [0.1, 0.15) is 46.5 Å². The zero-order chi connectivity index (χ0) is 8.53. The highest BCUT2D eigenvalue weighted by Crippen LogP contribution is 2.01. The van der Waals surface area contributed by atoms with Crippen LogP contribution in [0.5, 0.6) is 0 Å². The van der Waals surface area contributed by atoms with Crippen LogP contribution in [0, 0.1) is 0 Å². The van der Waals surface area contributed by atoms with Gasteiger partial charge in [0, 0.05) is 0 Å². The van der Waals surface area contributed by atoms with Gasteiger partial charge in [-0.2, -0.15) is 0 Å². The normalized spacial score (nSPS) is 10.5. The number of hydrogen-bond acceptors (Lipinski definition) is 0. The molecule has 0 amide bonds. The Kier molecular flexibility index (Phi) is 7.23. The van der Waals surface area contributed by atoms with Crippen molar-refractivity contribution in [1.29, 1.82) is 0 Å². The quantitative estimate of drug-likeness (QED) is 0.411. The average molecular weight is 152 g/mol. The molecular weight excluding hydrogens is 132 g/mol. The highest BCUT2D eigenvalue weighted by Gasteiger charge is 1.80. The molecule has 0 N–H and O–H groups in total. The minimum absolute atomic E-state index is 1.17. The number of allylic oxidation sites excluding steroid dienone is 4. The molecule has 0 bridgehead atoms. The maximum absolute atomic E-state index is 2.31. The molecule has 0 spiro atoms. The summed E-state index contributed by atoms with van der Waals surface area (Å²) >= 11 is 0. The molecule has 0 aromatic heterocycles. The van der Waals surface area contributed by atoms with Crippen molar-refractivity contribution >= 4 is 0 Å². The molecule has 0 aromatic rings. The topological polar surface area (TPSA) is 0 Å². The summed E-state index contributed by atoms with van der Waals surface area (Å²) in [6, 6.07) is 0. The fourth-order valence-electron chi connectivity index (χ4n) is 0.911. The molecule has 0 atom stereocenters. The largest absolute Gasteiger partial charge is 0.0888 e. The van der Waals surface area contributed by atoms with Crippen LogP contribution in [0.4, 0.5) is 0 Å². The molecule has 0 rings (SSSR count). The molecule has 0 aliphatic rings. The van der Waals surface area contributed by atoms with E-state index in [4.69, 9.17) is 0 Å². The summed E-state index contributed by atoms with van der Waals surface area (Å²) in [4.78, 5) is 0. The molecule has 11 heavy (non-hydrogen) atoms. The van der Waals surface area contributed by atoms with Crippen molar-refractivity contribution in [2.45, 2.75) is 46.5 Å². The van der Waals surface area contributed by atoms with Gasteiger partial charge in [-0.1, -0.05) is 30.7 Å². The Balaban J connectivity index is 3.15. The smallest absolute Gasteiger partial charge is 0.0345 e. The Bertz CT molecular complexity index is 125. The maximum Gasteiger partial charge on any atom is -0.0345 e. The fourth-order valence-corrected chi connectivity index (χ4v) is 0.911. The van der Waals surface area contributed by atoms with Gasteiger partial charge >= 0.3 is 0 Å². The standard InChI is InChI=1S/C11H20/c1-4-5-6-7-8-9-10-11(2)3/h5-6,10H,4,7-9H2,1-3H3. The van der Waals surface area contributed by atoms with E-state index in [0.29, 0.717) is 0 Å². The molecule has 0 radical (unpaired) electrons. The van der Waals surface area contributed by atoms with Crippen LogP contribution in [0.3, 0.4) is 0 Å². The van der Waals surface area contributed by atoms with E-state index in [1.807, 2.05) is 0 Å². The third-order valence-corrected chi connectivity index (χ3v) is 1.53. The van der Waals surface area contributed by atoms with E-state index in [1.54, 1.807) is 0 Å². The lowest BCUT2D eigenvalue weighted by molar-refractivity contribution is 0.859. The van der Waals surface area contributed by atoms with Crippen molar-refractivity contribution in [3.63, 3.8) is 0 Å². The molecule has 0 heteroatoms. The first kappa shape index (κ1) is 10.5. The van der Waals surface area contributed by atoms with Gasteiger partial charge < -0.3 is 0 Å². The molecule has 0 fully saturated rings. The van der Waals surface area contributed by atoms with Gasteiger partial charge in [0.25, 0.3) is 0 Å². The van der Waals surface area contributed by atoms with E-state index in [0.717, 1.165) is 0 Å². The van der Waals surface area contributed by atoms with Gasteiger partial charge in [-0.05, 0) is 39.5 Å². The molecule has 64 valence electrons. The van der Waals surface area contributed by atoms with Crippen LogP contribution in [-0.2, 0) is 0 Å². The van der Waals surface area contributed by atoms with E-state index in [-0.39, 0.29) is 0 Å². The van der Waals surface area contributed by atoms with Crippen LogP contribution in [0.15, 0.2) is 23.8 Å². The van der Waals surface area contributed by atoms with Crippen molar-refractivity contribution in [2.75, 3.05) is 0 Å². The number of unbranched alkanes of at least 4 members (excludes halogenated alkanes) is 2. The Morgan fingerprint density at radius 3 is 2.36 bits per heavy atom. The SMILES string of the molecule is CCC=CCCCC=C(C)C. The Labute approximate surface area is 71.0 Å². The molecular formula is C11H20. The lowest BCUT2D eigenvalue weighted by Crippen LogP contribution is -1.70. The van der Waals surface area contributed by atoms with Crippen molar-refractivity contribution in [3.05, 3.63) is 23.8 Å². The van der Waals surface area contributed by atoms with Gasteiger partial charge in [0.2, 0.25) is 0 Å². The van der Waals surface area contributed by atoms with Crippen LogP contribution in [0.2, 0.25) is 0 Å². The number of rotatable bonds is 5. The third-order valence-electron chi connectivity index (χ3n) is 1.53. The van der Waals surface area contributed by atoms with Gasteiger partial charge in [0.05, 0.1) is 0 Å². The highest BCUT2D eigenvalue weighted by atomic mass is 13.9. The van der Waals surface area contributed by atoms with Gasteiger partial charge in [0.1, 0.15) is 0 Å². The fraction of sp³-hybridized carbons (Fsp3) is 0.636. The van der Waals surface area contributed by atoms with E-state index in [9.17, 15) is 0 Å². The molecule has 0 unspecified atom stereocenters. The summed E-state index contributed by atoms with van der Waals surface area (Å²) in [5, 5.41) is 0. The Hall–Kier alpha value is -0.520. The molecule has 0 saturated heterocycles. The second-order valence-corrected chi connectivity index (χ2v) is 3.09. The second-order valence-electron chi connectivity index (χ2n) is 3.09. The van der Waals surface area contributed by atoms with Crippen molar-refractivity contribution < 1.29 is 0 Å². The predicted molar refractivity (Wildman–Crippen MR) is 52.7 cm³/mol. The molecule has 0 saturated carbocycles. The molecule has 0 aliphatic heterocycles. The monoisotopic (exact) mass is 152 g/mol. The van der Waals surface area contributed by atoms with E-state index in [1.165, 1.54) is 31.3 Å². The summed E-state index contributed by atoms with van der Waals surface area (Å²) in [6.07, 6.45) is 11.7. The summed E-state index contributed by atoms with van der Waals surface area (Å²) in [5.41, 5.74) is 1.43. The van der Waals surface area contributed by atoms with Crippen LogP contribution in [0.25, 0.3) is 0 Å². The summed E-state index contributed by atoms with van der Waals surface area (Å²) in [7, 11) is 0. The summed E-state index contributed by atoms with van der Waals surface area (Å²) < 4.78 is 0. The van der Waals surface area contributed by atoms with Gasteiger partial charge in [-0.15, -0.1) is 0 Å². The zero-order valence-corrected chi connectivity index (χ0v) is 8.06. The minimum Gasteiger partial charge on any atom is -0.0888 e. The van der Waals surface area contributed by atoms with Gasteiger partial charge in [0.15, 0.2) is 0 Å². The zero-order valence-electron chi connectivity index (χ0n) is 8.06. The first-order valence-electron chi connectivity index (χ1n) is 4.55. The molecule has 0 heterocycles. The predicted octanol–water partition coefficient (Wildman–Crippen LogP) is 4.09. The van der Waals surface area contributed by atoms with Crippen LogP contribution >= 0.6 is 0 Å². The highest BCUT2D eigenvalue weighted by molar-refractivity contribution is 4.93. The molecule has 0 aromatic carbocycles. The lowest BCUT2D eigenvalue weighted by Gasteiger charge is -1.91. The second kappa shape index (κ2) is 7.59.